The molecule has 3 N–H and O–H groups in total. The number of H-pyrrole nitrogens is 1. The maximum absolute atomic E-state index is 10.5. The fourth-order valence-corrected chi connectivity index (χ4v) is 2.23. The van der Waals surface area contributed by atoms with Gasteiger partial charge in [0.1, 0.15) is 0 Å². The van der Waals surface area contributed by atoms with Crippen LogP contribution in [0.5, 0.6) is 0 Å². The van der Waals surface area contributed by atoms with E-state index in [1.54, 1.807) is 0 Å². The molecule has 1 heterocycles. The lowest BCUT2D eigenvalue weighted by molar-refractivity contribution is -0.137. The highest BCUT2D eigenvalue weighted by Gasteiger charge is 2.06. The number of aliphatic carboxylic acids is 1. The predicted octanol–water partition coefficient (Wildman–Crippen LogP) is 2.55. The van der Waals surface area contributed by atoms with Crippen LogP contribution in [-0.2, 0) is 11.2 Å². The van der Waals surface area contributed by atoms with Gasteiger partial charge in [-0.3, -0.25) is 4.79 Å². The number of aromatic nitrogens is 1. The van der Waals surface area contributed by atoms with Crippen LogP contribution in [0.25, 0.3) is 10.9 Å². The number of carboxylic acids is 1. The van der Waals surface area contributed by atoms with E-state index in [9.17, 15) is 4.79 Å². The van der Waals surface area contributed by atoms with Gasteiger partial charge in [-0.2, -0.15) is 0 Å². The molecule has 0 saturated heterocycles. The Morgan fingerprint density at radius 1 is 1.42 bits per heavy atom. The number of hydrogen-bond acceptors (Lipinski definition) is 2. The first-order valence-electron chi connectivity index (χ1n) is 6.67. The summed E-state index contributed by atoms with van der Waals surface area (Å²) < 4.78 is 0. The molecule has 1 aromatic carbocycles. The molecule has 4 nitrogen and oxygen atoms in total. The second-order valence-electron chi connectivity index (χ2n) is 4.90. The molecule has 0 saturated carbocycles. The molecule has 102 valence electrons. The van der Waals surface area contributed by atoms with E-state index in [-0.39, 0.29) is 12.5 Å². The zero-order valence-corrected chi connectivity index (χ0v) is 11.1. The maximum Gasteiger partial charge on any atom is 0.303 e. The summed E-state index contributed by atoms with van der Waals surface area (Å²) in [6, 6.07) is 8.50. The number of para-hydroxylation sites is 1. The van der Waals surface area contributed by atoms with E-state index in [4.69, 9.17) is 5.11 Å². The van der Waals surface area contributed by atoms with Gasteiger partial charge >= 0.3 is 5.97 Å². The van der Waals surface area contributed by atoms with Gasteiger partial charge in [0.25, 0.3) is 0 Å². The lowest BCUT2D eigenvalue weighted by Crippen LogP contribution is -2.28. The zero-order valence-electron chi connectivity index (χ0n) is 11.1. The number of carbonyl (C=O) groups is 1. The molecule has 0 aliphatic heterocycles. The highest BCUT2D eigenvalue weighted by molar-refractivity contribution is 5.83. The largest absolute Gasteiger partial charge is 0.481 e. The zero-order chi connectivity index (χ0) is 13.7. The molecular formula is C15H20N2O2. The van der Waals surface area contributed by atoms with Gasteiger partial charge in [0.2, 0.25) is 0 Å². The number of fused-ring (bicyclic) bond motifs is 1. The van der Waals surface area contributed by atoms with Crippen molar-refractivity contribution < 1.29 is 9.90 Å². The van der Waals surface area contributed by atoms with Gasteiger partial charge in [0, 0.05) is 29.6 Å². The topological polar surface area (TPSA) is 65.1 Å². The Morgan fingerprint density at radius 3 is 3.00 bits per heavy atom. The van der Waals surface area contributed by atoms with Gasteiger partial charge in [0.15, 0.2) is 0 Å². The van der Waals surface area contributed by atoms with Crippen molar-refractivity contribution in [3.05, 3.63) is 36.0 Å². The van der Waals surface area contributed by atoms with Crippen LogP contribution in [0.4, 0.5) is 0 Å². The Kier molecular flexibility index (Phi) is 4.58. The molecule has 1 atom stereocenters. The van der Waals surface area contributed by atoms with Crippen molar-refractivity contribution in [2.24, 2.45) is 0 Å². The van der Waals surface area contributed by atoms with Gasteiger partial charge in [-0.1, -0.05) is 18.2 Å². The second-order valence-corrected chi connectivity index (χ2v) is 4.90. The summed E-state index contributed by atoms with van der Waals surface area (Å²) in [6.07, 6.45) is 3.89. The Bertz CT molecular complexity index is 548. The summed E-state index contributed by atoms with van der Waals surface area (Å²) in [5.74, 6) is -0.731. The number of aromatic amines is 1. The molecule has 19 heavy (non-hydrogen) atoms. The number of hydrogen-bond donors (Lipinski definition) is 3. The highest BCUT2D eigenvalue weighted by Crippen LogP contribution is 2.17. The third kappa shape index (κ3) is 3.83. The molecule has 2 aromatic rings. The van der Waals surface area contributed by atoms with Crippen molar-refractivity contribution in [3.63, 3.8) is 0 Å². The van der Waals surface area contributed by atoms with Crippen molar-refractivity contribution in [1.29, 1.82) is 0 Å². The number of carboxylic acid groups (broad SMARTS) is 1. The van der Waals surface area contributed by atoms with Crippen LogP contribution < -0.4 is 5.32 Å². The van der Waals surface area contributed by atoms with Gasteiger partial charge in [-0.25, -0.2) is 0 Å². The summed E-state index contributed by atoms with van der Waals surface area (Å²) in [6.45, 7) is 2.89. The minimum Gasteiger partial charge on any atom is -0.481 e. The molecule has 2 rings (SSSR count). The van der Waals surface area contributed by atoms with Crippen molar-refractivity contribution in [2.75, 3.05) is 6.54 Å². The summed E-state index contributed by atoms with van der Waals surface area (Å²) in [5.41, 5.74) is 2.46. The van der Waals surface area contributed by atoms with Crippen LogP contribution in [0.1, 0.15) is 25.3 Å². The normalized spacial score (nSPS) is 12.7. The van der Waals surface area contributed by atoms with Gasteiger partial charge in [0.05, 0.1) is 0 Å². The van der Waals surface area contributed by atoms with Crippen LogP contribution in [0.2, 0.25) is 0 Å². The quantitative estimate of drug-likeness (QED) is 0.717. The minimum atomic E-state index is -0.731. The van der Waals surface area contributed by atoms with E-state index < -0.39 is 5.97 Å². The molecule has 0 spiro atoms. The van der Waals surface area contributed by atoms with Crippen LogP contribution in [0.15, 0.2) is 30.5 Å². The average molecular weight is 260 g/mol. The van der Waals surface area contributed by atoms with Gasteiger partial charge < -0.3 is 15.4 Å². The number of nitrogens with one attached hydrogen (secondary N) is 2. The number of benzene rings is 1. The van der Waals surface area contributed by atoms with Gasteiger partial charge in [-0.15, -0.1) is 0 Å². The SMILES string of the molecule is CC(CCC(=O)O)NCCc1c[nH]c2ccccc12. The third-order valence-corrected chi connectivity index (χ3v) is 3.35. The summed E-state index contributed by atoms with van der Waals surface area (Å²) >= 11 is 0. The smallest absolute Gasteiger partial charge is 0.303 e. The Balaban J connectivity index is 1.81. The Hall–Kier alpha value is -1.81. The van der Waals surface area contributed by atoms with Gasteiger partial charge in [-0.05, 0) is 37.9 Å². The molecule has 0 bridgehead atoms. The van der Waals surface area contributed by atoms with E-state index in [0.29, 0.717) is 6.42 Å². The van der Waals surface area contributed by atoms with E-state index in [1.165, 1.54) is 10.9 Å². The van der Waals surface area contributed by atoms with Crippen molar-refractivity contribution in [2.45, 2.75) is 32.2 Å². The predicted molar refractivity (Wildman–Crippen MR) is 76.3 cm³/mol. The molecule has 4 heteroatoms. The lowest BCUT2D eigenvalue weighted by Gasteiger charge is -2.12. The van der Waals surface area contributed by atoms with Crippen LogP contribution >= 0.6 is 0 Å². The molecule has 0 radical (unpaired) electrons. The Morgan fingerprint density at radius 2 is 2.21 bits per heavy atom. The van der Waals surface area contributed by atoms with Crippen molar-refractivity contribution >= 4 is 16.9 Å². The molecular weight excluding hydrogens is 240 g/mol. The van der Waals surface area contributed by atoms with Crippen LogP contribution in [0, 0.1) is 0 Å². The summed E-state index contributed by atoms with van der Waals surface area (Å²) in [5, 5.41) is 13.3. The average Bonchev–Trinajstić information content (AvgIpc) is 2.80. The Labute approximate surface area is 112 Å². The summed E-state index contributed by atoms with van der Waals surface area (Å²) in [7, 11) is 0. The fraction of sp³-hybridized carbons (Fsp3) is 0.400. The summed E-state index contributed by atoms with van der Waals surface area (Å²) in [4.78, 5) is 13.7. The monoisotopic (exact) mass is 260 g/mol. The number of rotatable bonds is 7. The highest BCUT2D eigenvalue weighted by atomic mass is 16.4. The lowest BCUT2D eigenvalue weighted by atomic mass is 10.1. The first-order chi connectivity index (χ1) is 9.16. The maximum atomic E-state index is 10.5. The molecule has 1 aromatic heterocycles. The third-order valence-electron chi connectivity index (χ3n) is 3.35. The van der Waals surface area contributed by atoms with Crippen LogP contribution in [0.3, 0.4) is 0 Å². The molecule has 1 unspecified atom stereocenters. The van der Waals surface area contributed by atoms with Crippen molar-refractivity contribution in [1.82, 2.24) is 10.3 Å². The van der Waals surface area contributed by atoms with E-state index in [0.717, 1.165) is 18.5 Å². The standard InChI is InChI=1S/C15H20N2O2/c1-11(6-7-15(18)19)16-9-8-12-10-17-14-5-3-2-4-13(12)14/h2-5,10-11,16-17H,6-9H2,1H3,(H,18,19). The molecule has 0 aliphatic carbocycles. The molecule has 0 aliphatic rings. The van der Waals surface area contributed by atoms with E-state index >= 15 is 0 Å². The van der Waals surface area contributed by atoms with Crippen LogP contribution in [-0.4, -0.2) is 28.6 Å². The molecule has 0 amide bonds. The first kappa shape index (κ1) is 13.6. The first-order valence-corrected chi connectivity index (χ1v) is 6.67. The molecule has 0 fully saturated rings. The second kappa shape index (κ2) is 6.38. The minimum absolute atomic E-state index is 0.223. The fourth-order valence-electron chi connectivity index (χ4n) is 2.23. The van der Waals surface area contributed by atoms with Crippen molar-refractivity contribution in [3.8, 4) is 0 Å². The van der Waals surface area contributed by atoms with E-state index in [2.05, 4.69) is 22.4 Å². The van der Waals surface area contributed by atoms with E-state index in [1.807, 2.05) is 25.3 Å².